The lowest BCUT2D eigenvalue weighted by molar-refractivity contribution is -0.142. The normalized spacial score (nSPS) is 22.6. The molecule has 5 nitrogen and oxygen atoms in total. The van der Waals surface area contributed by atoms with Crippen LogP contribution in [0, 0.1) is 24.7 Å². The third kappa shape index (κ3) is 3.51. The zero-order valence-electron chi connectivity index (χ0n) is 14.7. The molecule has 1 saturated heterocycles. The highest BCUT2D eigenvalue weighted by molar-refractivity contribution is 7.13. The van der Waals surface area contributed by atoms with Crippen LogP contribution in [-0.2, 0) is 16.0 Å². The molecule has 1 amide bonds. The Kier molecular flexibility index (Phi) is 4.53. The van der Waals surface area contributed by atoms with Crippen molar-refractivity contribution in [3.63, 3.8) is 0 Å². The number of aryl methyl sites for hydroxylation is 1. The molecule has 26 heavy (non-hydrogen) atoms. The molecule has 2 heterocycles. The van der Waals surface area contributed by atoms with Crippen LogP contribution in [-0.4, -0.2) is 40.0 Å². The summed E-state index contributed by atoms with van der Waals surface area (Å²) >= 11 is 1.54. The first-order valence-electron chi connectivity index (χ1n) is 9.03. The molecule has 6 heteroatoms. The van der Waals surface area contributed by atoms with Gasteiger partial charge in [0.15, 0.2) is 0 Å². The van der Waals surface area contributed by atoms with Gasteiger partial charge in [-0.3, -0.25) is 9.59 Å². The molecule has 2 aliphatic rings. The van der Waals surface area contributed by atoms with E-state index in [2.05, 4.69) is 17.1 Å². The molecule has 1 aromatic heterocycles. The number of carbonyl (C=O) groups is 2. The highest BCUT2D eigenvalue weighted by Gasteiger charge is 2.46. The van der Waals surface area contributed by atoms with E-state index < -0.39 is 11.9 Å². The van der Waals surface area contributed by atoms with Crippen LogP contribution in [0.1, 0.15) is 24.1 Å². The molecular formula is C20H22N2O3S. The van der Waals surface area contributed by atoms with E-state index in [9.17, 15) is 14.7 Å². The lowest BCUT2D eigenvalue weighted by Crippen LogP contribution is -2.31. The van der Waals surface area contributed by atoms with Gasteiger partial charge >= 0.3 is 5.97 Å². The van der Waals surface area contributed by atoms with Crippen molar-refractivity contribution in [2.75, 3.05) is 13.1 Å². The molecule has 1 aliphatic heterocycles. The van der Waals surface area contributed by atoms with E-state index >= 15 is 0 Å². The minimum absolute atomic E-state index is 0.0137. The number of aliphatic carboxylic acids is 1. The number of rotatable bonds is 5. The van der Waals surface area contributed by atoms with Gasteiger partial charge in [0.25, 0.3) is 0 Å². The number of amides is 1. The first-order valence-corrected chi connectivity index (χ1v) is 9.91. The number of benzene rings is 1. The van der Waals surface area contributed by atoms with E-state index in [0.717, 1.165) is 29.1 Å². The molecule has 1 aromatic carbocycles. The van der Waals surface area contributed by atoms with Crippen LogP contribution in [0.2, 0.25) is 0 Å². The largest absolute Gasteiger partial charge is 0.481 e. The van der Waals surface area contributed by atoms with E-state index in [0.29, 0.717) is 19.0 Å². The second-order valence-electron chi connectivity index (χ2n) is 7.43. The molecule has 1 aliphatic carbocycles. The summed E-state index contributed by atoms with van der Waals surface area (Å²) in [4.78, 5) is 30.5. The smallest absolute Gasteiger partial charge is 0.308 e. The Balaban J connectivity index is 1.42. The molecule has 136 valence electrons. The summed E-state index contributed by atoms with van der Waals surface area (Å²) in [5.41, 5.74) is 3.02. The molecule has 0 spiro atoms. The summed E-state index contributed by atoms with van der Waals surface area (Å²) in [6.45, 7) is 2.96. The lowest BCUT2D eigenvalue weighted by atomic mass is 9.92. The predicted molar refractivity (Wildman–Crippen MR) is 99.9 cm³/mol. The van der Waals surface area contributed by atoms with Gasteiger partial charge in [-0.1, -0.05) is 29.8 Å². The number of nitrogens with zero attached hydrogens (tertiary/aromatic N) is 2. The number of hydrogen-bond acceptors (Lipinski definition) is 4. The van der Waals surface area contributed by atoms with Crippen molar-refractivity contribution < 1.29 is 14.7 Å². The predicted octanol–water partition coefficient (Wildman–Crippen LogP) is 3.23. The van der Waals surface area contributed by atoms with E-state index in [1.807, 2.05) is 24.4 Å². The molecule has 0 bridgehead atoms. The fraction of sp³-hybridized carbons (Fsp3) is 0.450. The quantitative estimate of drug-likeness (QED) is 0.877. The summed E-state index contributed by atoms with van der Waals surface area (Å²) in [6, 6.07) is 8.18. The van der Waals surface area contributed by atoms with Crippen molar-refractivity contribution in [2.45, 2.75) is 26.2 Å². The summed E-state index contributed by atoms with van der Waals surface area (Å²) in [6.07, 6.45) is 2.44. The van der Waals surface area contributed by atoms with Crippen molar-refractivity contribution in [2.24, 2.45) is 17.8 Å². The van der Waals surface area contributed by atoms with Crippen LogP contribution in [0.3, 0.4) is 0 Å². The van der Waals surface area contributed by atoms with Gasteiger partial charge < -0.3 is 10.0 Å². The Morgan fingerprint density at radius 1 is 1.23 bits per heavy atom. The van der Waals surface area contributed by atoms with Gasteiger partial charge in [-0.25, -0.2) is 4.98 Å². The van der Waals surface area contributed by atoms with E-state index in [1.165, 1.54) is 16.9 Å². The highest BCUT2D eigenvalue weighted by Crippen LogP contribution is 2.44. The SMILES string of the molecule is Cc1ccc(-c2nc(CC(=O)N3C[C@H](C(=O)O)[C@@H](C4CC4)C3)cs2)cc1. The van der Waals surface area contributed by atoms with Gasteiger partial charge in [0.05, 0.1) is 18.0 Å². The minimum Gasteiger partial charge on any atom is -0.481 e. The van der Waals surface area contributed by atoms with Gasteiger partial charge in [-0.2, -0.15) is 0 Å². The van der Waals surface area contributed by atoms with Crippen molar-refractivity contribution in [3.8, 4) is 10.6 Å². The second kappa shape index (κ2) is 6.83. The number of hydrogen-bond donors (Lipinski definition) is 1. The van der Waals surface area contributed by atoms with Crippen molar-refractivity contribution >= 4 is 23.2 Å². The van der Waals surface area contributed by atoms with Gasteiger partial charge in [0.2, 0.25) is 5.91 Å². The first kappa shape index (κ1) is 17.2. The monoisotopic (exact) mass is 370 g/mol. The van der Waals surface area contributed by atoms with Crippen LogP contribution >= 0.6 is 11.3 Å². The fourth-order valence-corrected chi connectivity index (χ4v) is 4.61. The third-order valence-electron chi connectivity index (χ3n) is 5.45. The Bertz CT molecular complexity index is 826. The van der Waals surface area contributed by atoms with Gasteiger partial charge in [0.1, 0.15) is 5.01 Å². The molecular weight excluding hydrogens is 348 g/mol. The number of aromatic nitrogens is 1. The van der Waals surface area contributed by atoms with Crippen LogP contribution in [0.4, 0.5) is 0 Å². The van der Waals surface area contributed by atoms with Crippen LogP contribution < -0.4 is 0 Å². The van der Waals surface area contributed by atoms with E-state index in [1.54, 1.807) is 4.90 Å². The van der Waals surface area contributed by atoms with Gasteiger partial charge in [0, 0.05) is 24.0 Å². The standard InChI is InChI=1S/C20H22N2O3S/c1-12-2-4-14(5-3-12)19-21-15(11-26-19)8-18(23)22-9-16(13-6-7-13)17(10-22)20(24)25/h2-5,11,13,16-17H,6-10H2,1H3,(H,24,25)/t16-,17+/m1/s1. The maximum atomic E-state index is 12.7. The average Bonchev–Trinajstić information content (AvgIpc) is 3.18. The van der Waals surface area contributed by atoms with E-state index in [4.69, 9.17) is 0 Å². The van der Waals surface area contributed by atoms with Crippen molar-refractivity contribution in [3.05, 3.63) is 40.9 Å². The fourth-order valence-electron chi connectivity index (χ4n) is 3.78. The molecule has 1 saturated carbocycles. The second-order valence-corrected chi connectivity index (χ2v) is 8.29. The number of carbonyl (C=O) groups excluding carboxylic acids is 1. The van der Waals surface area contributed by atoms with E-state index in [-0.39, 0.29) is 18.2 Å². The topological polar surface area (TPSA) is 70.5 Å². The summed E-state index contributed by atoms with van der Waals surface area (Å²) < 4.78 is 0. The van der Waals surface area contributed by atoms with Gasteiger partial charge in [-0.15, -0.1) is 11.3 Å². The zero-order valence-corrected chi connectivity index (χ0v) is 15.5. The third-order valence-corrected chi connectivity index (χ3v) is 6.39. The lowest BCUT2D eigenvalue weighted by Gasteiger charge is -2.15. The molecule has 2 atom stereocenters. The maximum Gasteiger partial charge on any atom is 0.308 e. The summed E-state index contributed by atoms with van der Waals surface area (Å²) in [7, 11) is 0. The molecule has 1 N–H and O–H groups in total. The first-order chi connectivity index (χ1) is 12.5. The molecule has 0 radical (unpaired) electrons. The Labute approximate surface area is 156 Å². The van der Waals surface area contributed by atoms with Crippen LogP contribution in [0.15, 0.2) is 29.6 Å². The zero-order chi connectivity index (χ0) is 18.3. The highest BCUT2D eigenvalue weighted by atomic mass is 32.1. The molecule has 2 fully saturated rings. The number of likely N-dealkylation sites (tertiary alicyclic amines) is 1. The minimum atomic E-state index is -0.771. The number of thiazole rings is 1. The van der Waals surface area contributed by atoms with Crippen LogP contribution in [0.5, 0.6) is 0 Å². The summed E-state index contributed by atoms with van der Waals surface area (Å²) in [5, 5.41) is 12.3. The molecule has 4 rings (SSSR count). The Morgan fingerprint density at radius 2 is 1.96 bits per heavy atom. The summed E-state index contributed by atoms with van der Waals surface area (Å²) in [5.74, 6) is -0.589. The van der Waals surface area contributed by atoms with Crippen LogP contribution in [0.25, 0.3) is 10.6 Å². The van der Waals surface area contributed by atoms with Crippen molar-refractivity contribution in [1.29, 1.82) is 0 Å². The Hall–Kier alpha value is -2.21. The maximum absolute atomic E-state index is 12.7. The molecule has 0 unspecified atom stereocenters. The number of carboxylic acid groups (broad SMARTS) is 1. The average molecular weight is 370 g/mol. The number of carboxylic acids is 1. The Morgan fingerprint density at radius 3 is 2.62 bits per heavy atom. The van der Waals surface area contributed by atoms with Gasteiger partial charge in [-0.05, 0) is 31.6 Å². The van der Waals surface area contributed by atoms with Crippen molar-refractivity contribution in [1.82, 2.24) is 9.88 Å². The molecule has 2 aromatic rings.